The first-order valence-corrected chi connectivity index (χ1v) is 30.3. The number of nitrogens with zero attached hydrogens (tertiary/aromatic N) is 1. The van der Waals surface area contributed by atoms with E-state index in [1.807, 2.05) is 0 Å². The Balaban J connectivity index is 0. The molecule has 0 spiro atoms. The Labute approximate surface area is 409 Å². The fourth-order valence-corrected chi connectivity index (χ4v) is 11.1. The van der Waals surface area contributed by atoms with Crippen LogP contribution in [0.4, 0.5) is 0 Å². The number of hydrogen-bond acceptors (Lipinski definition) is 0. The van der Waals surface area contributed by atoms with E-state index in [9.17, 15) is 0 Å². The van der Waals surface area contributed by atoms with Crippen molar-refractivity contribution < 1.29 is 16.9 Å². The Bertz CT molecular complexity index is 733. The molecule has 2 heteroatoms. The molecule has 382 valence electrons. The third-order valence-electron chi connectivity index (χ3n) is 15.7. The van der Waals surface area contributed by atoms with Gasteiger partial charge < -0.3 is 16.9 Å². The second-order valence-electron chi connectivity index (χ2n) is 22.1. The molecule has 0 aliphatic carbocycles. The Morgan fingerprint density at radius 2 is 0.349 bits per heavy atom. The lowest BCUT2D eigenvalue weighted by molar-refractivity contribution is -0.910. The van der Waals surface area contributed by atoms with E-state index in [2.05, 4.69) is 41.7 Å². The quantitative estimate of drug-likeness (QED) is 0.0421. The van der Waals surface area contributed by atoms with E-state index in [1.54, 1.807) is 25.7 Å². The molecule has 0 aliphatic rings. The van der Waals surface area contributed by atoms with Crippen molar-refractivity contribution in [2.24, 2.45) is 5.41 Å². The van der Waals surface area contributed by atoms with Crippen LogP contribution in [0.2, 0.25) is 0 Å². The van der Waals surface area contributed by atoms with E-state index in [0.29, 0.717) is 5.41 Å². The van der Waals surface area contributed by atoms with Crippen LogP contribution in [0.5, 0.6) is 0 Å². The highest BCUT2D eigenvalue weighted by atomic mass is 35.5. The Hall–Kier alpha value is 0.250. The molecule has 0 saturated heterocycles. The zero-order valence-electron chi connectivity index (χ0n) is 45.5. The lowest BCUT2D eigenvalue weighted by atomic mass is 9.70. The van der Waals surface area contributed by atoms with Crippen molar-refractivity contribution in [2.45, 2.75) is 362 Å². The first-order valence-electron chi connectivity index (χ1n) is 30.3. The lowest BCUT2D eigenvalue weighted by Crippen LogP contribution is -3.00. The molecule has 0 rings (SSSR count). The summed E-state index contributed by atoms with van der Waals surface area (Å²) in [5.74, 6) is 0. The van der Waals surface area contributed by atoms with E-state index in [4.69, 9.17) is 0 Å². The molecule has 63 heavy (non-hydrogen) atoms. The molecular formula is C61H126ClN. The number of unbranched alkanes of at least 4 members (excludes halogenated alkanes) is 41. The van der Waals surface area contributed by atoms with Crippen molar-refractivity contribution in [3.05, 3.63) is 0 Å². The van der Waals surface area contributed by atoms with Gasteiger partial charge in [0.25, 0.3) is 0 Å². The highest BCUT2D eigenvalue weighted by Crippen LogP contribution is 2.42. The first kappa shape index (κ1) is 65.3. The van der Waals surface area contributed by atoms with Crippen LogP contribution in [-0.2, 0) is 0 Å². The van der Waals surface area contributed by atoms with Gasteiger partial charge in [-0.15, -0.1) is 0 Å². The molecule has 0 atom stereocenters. The molecular weight excluding hydrogens is 782 g/mol. The van der Waals surface area contributed by atoms with Crippen LogP contribution in [0.1, 0.15) is 362 Å². The number of hydrogen-bond donors (Lipinski definition) is 0. The summed E-state index contributed by atoms with van der Waals surface area (Å²) >= 11 is 0. The van der Waals surface area contributed by atoms with Crippen LogP contribution in [0, 0.1) is 5.41 Å². The molecule has 0 aromatic rings. The van der Waals surface area contributed by atoms with E-state index in [0.717, 1.165) is 0 Å². The summed E-state index contributed by atoms with van der Waals surface area (Å²) in [6.45, 7) is 16.0. The summed E-state index contributed by atoms with van der Waals surface area (Å²) in [4.78, 5) is 0. The Morgan fingerprint density at radius 1 is 0.206 bits per heavy atom. The minimum Gasteiger partial charge on any atom is -1.00 e. The molecule has 0 unspecified atom stereocenters. The molecule has 0 amide bonds. The van der Waals surface area contributed by atoms with Crippen molar-refractivity contribution in [1.29, 1.82) is 0 Å². The molecule has 0 bridgehead atoms. The van der Waals surface area contributed by atoms with Crippen LogP contribution in [0.3, 0.4) is 0 Å². The Kier molecular flexibility index (Phi) is 55.2. The van der Waals surface area contributed by atoms with E-state index >= 15 is 0 Å². The Morgan fingerprint density at radius 3 is 0.524 bits per heavy atom. The van der Waals surface area contributed by atoms with Gasteiger partial charge in [-0.1, -0.05) is 298 Å². The van der Waals surface area contributed by atoms with Crippen LogP contribution in [0.25, 0.3) is 0 Å². The van der Waals surface area contributed by atoms with Crippen LogP contribution >= 0.6 is 0 Å². The maximum absolute atomic E-state index is 2.64. The number of rotatable bonds is 55. The molecule has 0 aliphatic heterocycles. The predicted octanol–water partition coefficient (Wildman–Crippen LogP) is 19.4. The van der Waals surface area contributed by atoms with Gasteiger partial charge in [0.1, 0.15) is 0 Å². The molecule has 0 heterocycles. The van der Waals surface area contributed by atoms with Gasteiger partial charge in [-0.05, 0) is 69.6 Å². The zero-order valence-corrected chi connectivity index (χ0v) is 46.3. The predicted molar refractivity (Wildman–Crippen MR) is 287 cm³/mol. The van der Waals surface area contributed by atoms with Crippen molar-refractivity contribution in [3.8, 4) is 0 Å². The fourth-order valence-electron chi connectivity index (χ4n) is 11.1. The van der Waals surface area contributed by atoms with Crippen molar-refractivity contribution in [1.82, 2.24) is 0 Å². The van der Waals surface area contributed by atoms with Crippen molar-refractivity contribution in [3.63, 3.8) is 0 Å². The third kappa shape index (κ3) is 47.1. The normalized spacial score (nSPS) is 12.1. The number of quaternary nitrogens is 1. The van der Waals surface area contributed by atoms with E-state index in [-0.39, 0.29) is 12.4 Å². The van der Waals surface area contributed by atoms with E-state index in [1.165, 1.54) is 326 Å². The summed E-state index contributed by atoms with van der Waals surface area (Å²) < 4.78 is 1.36. The van der Waals surface area contributed by atoms with Gasteiger partial charge in [-0.3, -0.25) is 0 Å². The summed E-state index contributed by atoms with van der Waals surface area (Å²) in [5, 5.41) is 0. The summed E-state index contributed by atoms with van der Waals surface area (Å²) in [7, 11) is 2.64. The second-order valence-corrected chi connectivity index (χ2v) is 22.1. The fraction of sp³-hybridized carbons (Fsp3) is 1.00. The van der Waals surface area contributed by atoms with Gasteiger partial charge >= 0.3 is 0 Å². The topological polar surface area (TPSA) is 0 Å². The highest BCUT2D eigenvalue weighted by Gasteiger charge is 2.28. The monoisotopic (exact) mass is 908 g/mol. The van der Waals surface area contributed by atoms with Crippen molar-refractivity contribution in [2.75, 3.05) is 26.7 Å². The standard InChI is InChI=1S/C61H126N.ClH/c1-7-12-17-22-27-30-33-36-40-47-54-61(55-48-41-37-34-31-28-23-18-13-8-2,56-49-42-38-35-32-29-24-19-14-9-3)57-50-43-39-46-53-60-62(6,58-51-44-25-20-15-10-4)59-52-45-26-21-16-11-5;/h7-60H2,1-6H3;1H/q+1;/p-1. The van der Waals surface area contributed by atoms with Crippen LogP contribution in [0.15, 0.2) is 0 Å². The average molecular weight is 909 g/mol. The molecule has 0 radical (unpaired) electrons. The van der Waals surface area contributed by atoms with Gasteiger partial charge in [-0.2, -0.15) is 0 Å². The molecule has 0 saturated carbocycles. The average Bonchev–Trinajstić information content (AvgIpc) is 3.27. The maximum atomic E-state index is 2.64. The second kappa shape index (κ2) is 53.2. The zero-order chi connectivity index (χ0) is 45.2. The highest BCUT2D eigenvalue weighted by molar-refractivity contribution is 4.80. The molecule has 0 fully saturated rings. The first-order chi connectivity index (χ1) is 30.5. The van der Waals surface area contributed by atoms with Gasteiger partial charge in [0, 0.05) is 0 Å². The summed E-state index contributed by atoms with van der Waals surface area (Å²) in [6, 6.07) is 0. The van der Waals surface area contributed by atoms with Gasteiger partial charge in [0.15, 0.2) is 0 Å². The molecule has 1 nitrogen and oxygen atoms in total. The van der Waals surface area contributed by atoms with E-state index < -0.39 is 0 Å². The smallest absolute Gasteiger partial charge is 0.0784 e. The van der Waals surface area contributed by atoms with Gasteiger partial charge in [0.05, 0.1) is 26.7 Å². The third-order valence-corrected chi connectivity index (χ3v) is 15.7. The molecule has 0 N–H and O–H groups in total. The maximum Gasteiger partial charge on any atom is 0.0784 e. The SMILES string of the molecule is CCCCCCCCCCCCC(CCCCCCCCCCCC)(CCCCCCCCCCCC)CCCCCCC[N+](C)(CCCCCCCC)CCCCCCCC.[Cl-]. The van der Waals surface area contributed by atoms with Crippen LogP contribution < -0.4 is 12.4 Å². The summed E-state index contributed by atoms with van der Waals surface area (Å²) in [6.07, 6.45) is 75.1. The summed E-state index contributed by atoms with van der Waals surface area (Å²) in [5.41, 5.74) is 0.643. The van der Waals surface area contributed by atoms with Crippen LogP contribution in [-0.4, -0.2) is 31.2 Å². The number of halogens is 1. The lowest BCUT2D eigenvalue weighted by Gasteiger charge is -2.35. The minimum absolute atomic E-state index is 0. The largest absolute Gasteiger partial charge is 1.00 e. The van der Waals surface area contributed by atoms with Gasteiger partial charge in [-0.25, -0.2) is 0 Å². The molecule has 0 aromatic heterocycles. The van der Waals surface area contributed by atoms with Gasteiger partial charge in [0.2, 0.25) is 0 Å². The van der Waals surface area contributed by atoms with Crippen molar-refractivity contribution >= 4 is 0 Å². The molecule has 0 aromatic carbocycles. The minimum atomic E-state index is 0.